The zero-order valence-electron chi connectivity index (χ0n) is 12.9. The van der Waals surface area contributed by atoms with E-state index in [-0.39, 0.29) is 5.76 Å². The molecule has 3 aromatic rings. The number of hydrogen-bond acceptors (Lipinski definition) is 4. The standard InChI is InChI=1S/C18H13BrClN3O2/c19-12-3-7-15(22-10-12)17(11-1-4-13(20)5-2-11)23-18(24)16-8-6-14(9-21)25-16/h1-10,17,21H,(H,23,24). The number of amides is 1. The predicted octanol–water partition coefficient (Wildman–Crippen LogP) is 4.61. The van der Waals surface area contributed by atoms with Crippen molar-refractivity contribution in [3.05, 3.63) is 87.0 Å². The van der Waals surface area contributed by atoms with Crippen LogP contribution in [0.5, 0.6) is 0 Å². The monoisotopic (exact) mass is 417 g/mol. The highest BCUT2D eigenvalue weighted by molar-refractivity contribution is 9.10. The summed E-state index contributed by atoms with van der Waals surface area (Å²) >= 11 is 9.31. The fourth-order valence-electron chi connectivity index (χ4n) is 2.30. The summed E-state index contributed by atoms with van der Waals surface area (Å²) < 4.78 is 6.15. The Morgan fingerprint density at radius 1 is 1.20 bits per heavy atom. The van der Waals surface area contributed by atoms with E-state index < -0.39 is 11.9 Å². The van der Waals surface area contributed by atoms with Crippen LogP contribution in [0.15, 0.2) is 63.6 Å². The number of benzene rings is 1. The van der Waals surface area contributed by atoms with E-state index in [1.807, 2.05) is 24.3 Å². The Balaban J connectivity index is 1.92. The molecule has 2 aromatic heterocycles. The smallest absolute Gasteiger partial charge is 0.287 e. The van der Waals surface area contributed by atoms with Gasteiger partial charge in [-0.2, -0.15) is 0 Å². The Labute approximate surface area is 157 Å². The first-order valence-electron chi connectivity index (χ1n) is 7.35. The third-order valence-corrected chi connectivity index (χ3v) is 4.24. The average Bonchev–Trinajstić information content (AvgIpc) is 3.11. The summed E-state index contributed by atoms with van der Waals surface area (Å²) in [4.78, 5) is 16.9. The molecule has 2 N–H and O–H groups in total. The maximum Gasteiger partial charge on any atom is 0.287 e. The third kappa shape index (κ3) is 4.15. The van der Waals surface area contributed by atoms with Crippen molar-refractivity contribution in [2.75, 3.05) is 0 Å². The van der Waals surface area contributed by atoms with Crippen molar-refractivity contribution in [2.45, 2.75) is 6.04 Å². The normalized spacial score (nSPS) is 11.8. The van der Waals surface area contributed by atoms with Crippen LogP contribution in [0.4, 0.5) is 0 Å². The van der Waals surface area contributed by atoms with Crippen molar-refractivity contribution < 1.29 is 9.21 Å². The highest BCUT2D eigenvalue weighted by Gasteiger charge is 2.21. The van der Waals surface area contributed by atoms with Gasteiger partial charge in [0.05, 0.1) is 18.0 Å². The molecule has 7 heteroatoms. The molecular formula is C18H13BrClN3O2. The second kappa shape index (κ2) is 7.63. The number of hydrogen-bond donors (Lipinski definition) is 2. The van der Waals surface area contributed by atoms with Gasteiger partial charge in [-0.05, 0) is 57.9 Å². The van der Waals surface area contributed by atoms with Crippen LogP contribution in [0.25, 0.3) is 0 Å². The Hall–Kier alpha value is -2.44. The summed E-state index contributed by atoms with van der Waals surface area (Å²) in [5.41, 5.74) is 1.52. The highest BCUT2D eigenvalue weighted by Crippen LogP contribution is 2.24. The van der Waals surface area contributed by atoms with Crippen LogP contribution in [0.1, 0.15) is 33.6 Å². The highest BCUT2D eigenvalue weighted by atomic mass is 79.9. The molecule has 0 aliphatic carbocycles. The van der Waals surface area contributed by atoms with Gasteiger partial charge in [-0.25, -0.2) is 0 Å². The molecule has 1 unspecified atom stereocenters. The second-order valence-electron chi connectivity index (χ2n) is 5.21. The lowest BCUT2D eigenvalue weighted by molar-refractivity contribution is 0.0914. The first-order chi connectivity index (χ1) is 12.1. The van der Waals surface area contributed by atoms with Crippen LogP contribution >= 0.6 is 27.5 Å². The molecule has 5 nitrogen and oxygen atoms in total. The molecular weight excluding hydrogens is 406 g/mol. The van der Waals surface area contributed by atoms with Gasteiger partial charge in [0.2, 0.25) is 0 Å². The Morgan fingerprint density at radius 2 is 1.96 bits per heavy atom. The molecule has 1 aromatic carbocycles. The number of aromatic nitrogens is 1. The van der Waals surface area contributed by atoms with Crippen LogP contribution in [0, 0.1) is 5.41 Å². The van der Waals surface area contributed by atoms with Crippen LogP contribution < -0.4 is 5.32 Å². The topological polar surface area (TPSA) is 79.0 Å². The minimum atomic E-state index is -0.466. The number of halogens is 2. The van der Waals surface area contributed by atoms with E-state index in [2.05, 4.69) is 26.2 Å². The van der Waals surface area contributed by atoms with Gasteiger partial charge in [0.25, 0.3) is 5.91 Å². The van der Waals surface area contributed by atoms with E-state index >= 15 is 0 Å². The molecule has 0 bridgehead atoms. The van der Waals surface area contributed by atoms with Gasteiger partial charge in [-0.3, -0.25) is 9.78 Å². The van der Waals surface area contributed by atoms with E-state index in [4.69, 9.17) is 21.4 Å². The molecule has 0 saturated heterocycles. The maximum absolute atomic E-state index is 12.5. The van der Waals surface area contributed by atoms with Crippen LogP contribution in [0.2, 0.25) is 5.02 Å². The quantitative estimate of drug-likeness (QED) is 0.594. The zero-order valence-corrected chi connectivity index (χ0v) is 15.2. The summed E-state index contributed by atoms with van der Waals surface area (Å²) in [7, 11) is 0. The number of pyridine rings is 1. The number of nitrogens with one attached hydrogen (secondary N) is 2. The van der Waals surface area contributed by atoms with Crippen LogP contribution in [0.3, 0.4) is 0 Å². The van der Waals surface area contributed by atoms with E-state index in [0.29, 0.717) is 16.5 Å². The van der Waals surface area contributed by atoms with E-state index in [9.17, 15) is 4.79 Å². The van der Waals surface area contributed by atoms with Gasteiger partial charge in [-0.1, -0.05) is 23.7 Å². The van der Waals surface area contributed by atoms with E-state index in [1.165, 1.54) is 6.07 Å². The molecule has 1 amide bonds. The van der Waals surface area contributed by atoms with Gasteiger partial charge >= 0.3 is 0 Å². The minimum Gasteiger partial charge on any atom is -0.450 e. The fourth-order valence-corrected chi connectivity index (χ4v) is 2.66. The van der Waals surface area contributed by atoms with Gasteiger partial charge < -0.3 is 15.1 Å². The lowest BCUT2D eigenvalue weighted by Crippen LogP contribution is -2.29. The van der Waals surface area contributed by atoms with E-state index in [1.54, 1.807) is 24.4 Å². The van der Waals surface area contributed by atoms with Crippen molar-refractivity contribution in [1.29, 1.82) is 5.41 Å². The second-order valence-corrected chi connectivity index (χ2v) is 6.56. The summed E-state index contributed by atoms with van der Waals surface area (Å²) in [5.74, 6) is 0.0577. The van der Waals surface area contributed by atoms with Crippen molar-refractivity contribution in [2.24, 2.45) is 0 Å². The lowest BCUT2D eigenvalue weighted by Gasteiger charge is -2.18. The summed E-state index contributed by atoms with van der Waals surface area (Å²) in [6, 6.07) is 13.5. The van der Waals surface area contributed by atoms with Crippen molar-refractivity contribution >= 4 is 39.7 Å². The summed E-state index contributed by atoms with van der Waals surface area (Å²) in [5, 5.41) is 10.7. The number of carbonyl (C=O) groups is 1. The van der Waals surface area contributed by atoms with Gasteiger partial charge in [0.15, 0.2) is 5.76 Å². The molecule has 3 rings (SSSR count). The maximum atomic E-state index is 12.5. The zero-order chi connectivity index (χ0) is 17.8. The summed E-state index contributed by atoms with van der Waals surface area (Å²) in [6.07, 6.45) is 2.72. The molecule has 0 spiro atoms. The Bertz CT molecular complexity index is 846. The molecule has 0 aliphatic heterocycles. The average molecular weight is 419 g/mol. The Kier molecular flexibility index (Phi) is 5.31. The molecule has 0 fully saturated rings. The fraction of sp³-hybridized carbons (Fsp3) is 0.0556. The molecule has 1 atom stereocenters. The largest absolute Gasteiger partial charge is 0.450 e. The van der Waals surface area contributed by atoms with Gasteiger partial charge in [0, 0.05) is 15.7 Å². The molecule has 0 aliphatic rings. The Morgan fingerprint density at radius 3 is 2.56 bits per heavy atom. The van der Waals surface area contributed by atoms with Crippen LogP contribution in [-0.4, -0.2) is 17.1 Å². The van der Waals surface area contributed by atoms with Gasteiger partial charge in [0.1, 0.15) is 5.76 Å². The number of nitrogens with zero attached hydrogens (tertiary/aromatic N) is 1. The summed E-state index contributed by atoms with van der Waals surface area (Å²) in [6.45, 7) is 0. The van der Waals surface area contributed by atoms with Crippen molar-refractivity contribution in [3.8, 4) is 0 Å². The third-order valence-electron chi connectivity index (χ3n) is 3.52. The molecule has 25 heavy (non-hydrogen) atoms. The van der Waals surface area contributed by atoms with E-state index in [0.717, 1.165) is 16.3 Å². The lowest BCUT2D eigenvalue weighted by atomic mass is 10.0. The molecule has 0 radical (unpaired) electrons. The number of furan rings is 1. The molecule has 0 saturated carbocycles. The number of rotatable bonds is 5. The SMILES string of the molecule is N=Cc1ccc(C(=O)NC(c2ccc(Cl)cc2)c2ccc(Br)cn2)o1. The molecule has 126 valence electrons. The van der Waals surface area contributed by atoms with Crippen molar-refractivity contribution in [3.63, 3.8) is 0 Å². The first kappa shape index (κ1) is 17.4. The number of carbonyl (C=O) groups excluding carboxylic acids is 1. The first-order valence-corrected chi connectivity index (χ1v) is 8.52. The van der Waals surface area contributed by atoms with Crippen LogP contribution in [-0.2, 0) is 0 Å². The van der Waals surface area contributed by atoms with Gasteiger partial charge in [-0.15, -0.1) is 0 Å². The minimum absolute atomic E-state index is 0.134. The predicted molar refractivity (Wildman–Crippen MR) is 99.3 cm³/mol. The van der Waals surface area contributed by atoms with Crippen molar-refractivity contribution in [1.82, 2.24) is 10.3 Å². The molecule has 2 heterocycles.